The molecule has 0 aliphatic carbocycles. The minimum Gasteiger partial charge on any atom is -0.369 e. The van der Waals surface area contributed by atoms with Crippen molar-refractivity contribution in [3.8, 4) is 0 Å². The van der Waals surface area contributed by atoms with E-state index in [1.54, 1.807) is 11.0 Å². The van der Waals surface area contributed by atoms with Gasteiger partial charge in [-0.05, 0) is 18.6 Å². The van der Waals surface area contributed by atoms with E-state index >= 15 is 0 Å². The summed E-state index contributed by atoms with van der Waals surface area (Å²) in [4.78, 5) is 8.57. The predicted octanol–water partition coefficient (Wildman–Crippen LogP) is 1.10. The number of benzene rings is 1. The molecule has 0 aliphatic heterocycles. The molecule has 0 amide bonds. The van der Waals surface area contributed by atoms with Crippen molar-refractivity contribution < 1.29 is 0 Å². The van der Waals surface area contributed by atoms with Crippen LogP contribution < -0.4 is 5.73 Å². The molecule has 3 rings (SSSR count). The molecule has 3 aromatic rings. The van der Waals surface area contributed by atoms with E-state index in [1.165, 1.54) is 0 Å². The highest BCUT2D eigenvalue weighted by molar-refractivity contribution is 5.81. The van der Waals surface area contributed by atoms with Crippen LogP contribution in [-0.4, -0.2) is 24.3 Å². The SMILES string of the molecule is Cc1cccc2nc(N)n(Cc3ncn(C)n3)c12. The molecule has 0 saturated carbocycles. The standard InChI is InChI=1S/C12H14N6/c1-8-4-3-5-9-11(8)18(12(13)15-9)6-10-14-7-17(2)16-10/h3-5,7H,6H2,1-2H3,(H2,13,15). The highest BCUT2D eigenvalue weighted by Gasteiger charge is 2.11. The molecule has 92 valence electrons. The van der Waals surface area contributed by atoms with Crippen LogP contribution in [0.1, 0.15) is 11.4 Å². The topological polar surface area (TPSA) is 74.5 Å². The lowest BCUT2D eigenvalue weighted by Gasteiger charge is -2.05. The Balaban J connectivity index is 2.13. The number of para-hydroxylation sites is 1. The molecular weight excluding hydrogens is 228 g/mol. The van der Waals surface area contributed by atoms with Gasteiger partial charge in [0.05, 0.1) is 17.6 Å². The zero-order valence-electron chi connectivity index (χ0n) is 10.3. The molecule has 2 heterocycles. The lowest BCUT2D eigenvalue weighted by Crippen LogP contribution is -2.07. The summed E-state index contributed by atoms with van der Waals surface area (Å²) in [5, 5.41) is 4.26. The van der Waals surface area contributed by atoms with Crippen LogP contribution in [0.3, 0.4) is 0 Å². The van der Waals surface area contributed by atoms with Gasteiger partial charge in [-0.3, -0.25) is 4.68 Å². The summed E-state index contributed by atoms with van der Waals surface area (Å²) in [7, 11) is 1.84. The number of nitrogens with zero attached hydrogens (tertiary/aromatic N) is 5. The van der Waals surface area contributed by atoms with Crippen LogP contribution in [0.2, 0.25) is 0 Å². The largest absolute Gasteiger partial charge is 0.369 e. The lowest BCUT2D eigenvalue weighted by molar-refractivity contribution is 0.714. The van der Waals surface area contributed by atoms with Crippen molar-refractivity contribution in [2.45, 2.75) is 13.5 Å². The van der Waals surface area contributed by atoms with Crippen molar-refractivity contribution in [1.82, 2.24) is 24.3 Å². The van der Waals surface area contributed by atoms with Crippen LogP contribution in [0.15, 0.2) is 24.5 Å². The Labute approximate surface area is 104 Å². The van der Waals surface area contributed by atoms with Crippen LogP contribution >= 0.6 is 0 Å². The third-order valence-corrected chi connectivity index (χ3v) is 2.94. The number of nitrogens with two attached hydrogens (primary N) is 1. The zero-order valence-corrected chi connectivity index (χ0v) is 10.3. The molecule has 0 radical (unpaired) electrons. The van der Waals surface area contributed by atoms with Gasteiger partial charge in [0.25, 0.3) is 0 Å². The molecule has 6 heteroatoms. The van der Waals surface area contributed by atoms with Crippen molar-refractivity contribution in [2.24, 2.45) is 7.05 Å². The highest BCUT2D eigenvalue weighted by Crippen LogP contribution is 2.21. The minimum absolute atomic E-state index is 0.492. The Bertz CT molecular complexity index is 709. The first-order chi connectivity index (χ1) is 8.65. The summed E-state index contributed by atoms with van der Waals surface area (Å²) in [5.74, 6) is 1.22. The van der Waals surface area contributed by atoms with Gasteiger partial charge in [-0.25, -0.2) is 9.97 Å². The maximum atomic E-state index is 5.97. The Kier molecular flexibility index (Phi) is 2.29. The second-order valence-electron chi connectivity index (χ2n) is 4.33. The number of imidazole rings is 1. The molecule has 0 atom stereocenters. The number of aryl methyl sites for hydroxylation is 2. The summed E-state index contributed by atoms with van der Waals surface area (Å²) in [6.07, 6.45) is 1.68. The number of nitrogen functional groups attached to an aromatic ring is 1. The minimum atomic E-state index is 0.492. The van der Waals surface area contributed by atoms with E-state index in [0.717, 1.165) is 22.4 Å². The average molecular weight is 242 g/mol. The van der Waals surface area contributed by atoms with Gasteiger partial charge in [0.15, 0.2) is 5.82 Å². The van der Waals surface area contributed by atoms with E-state index in [1.807, 2.05) is 36.7 Å². The maximum Gasteiger partial charge on any atom is 0.201 e. The fraction of sp³-hybridized carbons (Fsp3) is 0.250. The van der Waals surface area contributed by atoms with E-state index in [2.05, 4.69) is 15.1 Å². The summed E-state index contributed by atoms with van der Waals surface area (Å²) in [6, 6.07) is 5.99. The van der Waals surface area contributed by atoms with Crippen LogP contribution in [0.4, 0.5) is 5.95 Å². The normalized spacial score (nSPS) is 11.2. The van der Waals surface area contributed by atoms with Crippen LogP contribution in [0.5, 0.6) is 0 Å². The summed E-state index contributed by atoms with van der Waals surface area (Å²) in [5.41, 5.74) is 9.06. The number of hydrogen-bond acceptors (Lipinski definition) is 4. The van der Waals surface area contributed by atoms with Crippen molar-refractivity contribution in [1.29, 1.82) is 0 Å². The predicted molar refractivity (Wildman–Crippen MR) is 69.0 cm³/mol. The molecule has 0 unspecified atom stereocenters. The van der Waals surface area contributed by atoms with Crippen LogP contribution in [0, 0.1) is 6.92 Å². The average Bonchev–Trinajstić information content (AvgIpc) is 2.85. The smallest absolute Gasteiger partial charge is 0.201 e. The van der Waals surface area contributed by atoms with Crippen LogP contribution in [-0.2, 0) is 13.6 Å². The van der Waals surface area contributed by atoms with Gasteiger partial charge in [-0.1, -0.05) is 12.1 Å². The van der Waals surface area contributed by atoms with E-state index < -0.39 is 0 Å². The van der Waals surface area contributed by atoms with Crippen molar-refractivity contribution in [2.75, 3.05) is 5.73 Å². The van der Waals surface area contributed by atoms with Gasteiger partial charge in [0.2, 0.25) is 5.95 Å². The molecule has 1 aromatic carbocycles. The first-order valence-corrected chi connectivity index (χ1v) is 5.71. The Hall–Kier alpha value is -2.37. The van der Waals surface area contributed by atoms with E-state index in [4.69, 9.17) is 5.73 Å². The molecule has 0 aliphatic rings. The van der Waals surface area contributed by atoms with Crippen molar-refractivity contribution in [3.05, 3.63) is 35.9 Å². The molecule has 0 spiro atoms. The molecule has 0 fully saturated rings. The summed E-state index contributed by atoms with van der Waals surface area (Å²) >= 11 is 0. The van der Waals surface area contributed by atoms with Crippen molar-refractivity contribution in [3.63, 3.8) is 0 Å². The third kappa shape index (κ3) is 1.62. The monoisotopic (exact) mass is 242 g/mol. The van der Waals surface area contributed by atoms with Crippen molar-refractivity contribution >= 4 is 17.0 Å². The maximum absolute atomic E-state index is 5.97. The number of anilines is 1. The molecule has 18 heavy (non-hydrogen) atoms. The fourth-order valence-electron chi connectivity index (χ4n) is 2.14. The second-order valence-corrected chi connectivity index (χ2v) is 4.33. The third-order valence-electron chi connectivity index (χ3n) is 2.94. The molecule has 2 N–H and O–H groups in total. The molecular formula is C12H14N6. The first-order valence-electron chi connectivity index (χ1n) is 5.71. The summed E-state index contributed by atoms with van der Waals surface area (Å²) < 4.78 is 3.62. The lowest BCUT2D eigenvalue weighted by atomic mass is 10.2. The fourth-order valence-corrected chi connectivity index (χ4v) is 2.14. The Morgan fingerprint density at radius 2 is 2.17 bits per heavy atom. The first kappa shape index (κ1) is 10.8. The molecule has 0 saturated heterocycles. The Morgan fingerprint density at radius 1 is 1.33 bits per heavy atom. The van der Waals surface area contributed by atoms with E-state index in [0.29, 0.717) is 12.5 Å². The molecule has 0 bridgehead atoms. The second kappa shape index (κ2) is 3.83. The van der Waals surface area contributed by atoms with Gasteiger partial charge < -0.3 is 10.3 Å². The number of rotatable bonds is 2. The van der Waals surface area contributed by atoms with Gasteiger partial charge in [0, 0.05) is 7.05 Å². The molecule has 6 nitrogen and oxygen atoms in total. The van der Waals surface area contributed by atoms with Crippen LogP contribution in [0.25, 0.3) is 11.0 Å². The number of fused-ring (bicyclic) bond motifs is 1. The van der Waals surface area contributed by atoms with Gasteiger partial charge in [0.1, 0.15) is 6.33 Å². The summed E-state index contributed by atoms with van der Waals surface area (Å²) in [6.45, 7) is 2.58. The zero-order chi connectivity index (χ0) is 12.7. The molecule has 2 aromatic heterocycles. The van der Waals surface area contributed by atoms with E-state index in [9.17, 15) is 0 Å². The number of aromatic nitrogens is 5. The quantitative estimate of drug-likeness (QED) is 0.730. The Morgan fingerprint density at radius 3 is 2.89 bits per heavy atom. The van der Waals surface area contributed by atoms with Gasteiger partial charge in [-0.2, -0.15) is 5.10 Å². The van der Waals surface area contributed by atoms with Gasteiger partial charge in [-0.15, -0.1) is 0 Å². The number of hydrogen-bond donors (Lipinski definition) is 1. The van der Waals surface area contributed by atoms with Gasteiger partial charge >= 0.3 is 0 Å². The van der Waals surface area contributed by atoms with E-state index in [-0.39, 0.29) is 0 Å². The highest BCUT2D eigenvalue weighted by atomic mass is 15.3.